The number of nitrogens with zero attached hydrogens (tertiary/aromatic N) is 2. The quantitative estimate of drug-likeness (QED) is 0.853. The third-order valence-electron chi connectivity index (χ3n) is 2.81. The van der Waals surface area contributed by atoms with Gasteiger partial charge in [0, 0.05) is 18.3 Å². The van der Waals surface area contributed by atoms with E-state index in [1.807, 2.05) is 13.1 Å². The molecule has 0 fully saturated rings. The lowest BCUT2D eigenvalue weighted by atomic mass is 10.3. The fourth-order valence-electron chi connectivity index (χ4n) is 2.01. The highest BCUT2D eigenvalue weighted by Crippen LogP contribution is 2.12. The van der Waals surface area contributed by atoms with Crippen molar-refractivity contribution in [3.05, 3.63) is 41.4 Å². The molecule has 0 saturated carbocycles. The highest BCUT2D eigenvalue weighted by Gasteiger charge is 2.07. The van der Waals surface area contributed by atoms with Crippen LogP contribution in [0.15, 0.2) is 22.7 Å². The number of imidazole rings is 1. The van der Waals surface area contributed by atoms with Gasteiger partial charge in [-0.2, -0.15) is 0 Å². The van der Waals surface area contributed by atoms with Crippen LogP contribution in [-0.4, -0.2) is 21.9 Å². The van der Waals surface area contributed by atoms with Gasteiger partial charge >= 0.3 is 0 Å². The van der Waals surface area contributed by atoms with Gasteiger partial charge in [0.2, 0.25) is 0 Å². The predicted molar refractivity (Wildman–Crippen MR) is 71.2 cm³/mol. The molecule has 0 bridgehead atoms. The summed E-state index contributed by atoms with van der Waals surface area (Å²) < 4.78 is 5.77. The Morgan fingerprint density at radius 3 is 2.72 bits per heavy atom. The second-order valence-corrected chi connectivity index (χ2v) is 4.80. The number of aryl methyl sites for hydroxylation is 2. The SMILES string of the molecule is CCCc1ccc(CN(C)Cc2ncc(C)[nH]2)o1. The van der Waals surface area contributed by atoms with Crippen LogP contribution in [0.4, 0.5) is 0 Å². The molecule has 2 rings (SSSR count). The Labute approximate surface area is 108 Å². The Hall–Kier alpha value is -1.55. The lowest BCUT2D eigenvalue weighted by molar-refractivity contribution is 0.278. The Balaban J connectivity index is 1.88. The van der Waals surface area contributed by atoms with E-state index in [-0.39, 0.29) is 0 Å². The van der Waals surface area contributed by atoms with Crippen molar-refractivity contribution in [2.45, 2.75) is 39.8 Å². The summed E-state index contributed by atoms with van der Waals surface area (Å²) in [7, 11) is 2.07. The van der Waals surface area contributed by atoms with Crippen LogP contribution < -0.4 is 0 Å². The first-order valence-electron chi connectivity index (χ1n) is 6.44. The van der Waals surface area contributed by atoms with E-state index in [4.69, 9.17) is 4.42 Å². The molecule has 2 heterocycles. The summed E-state index contributed by atoms with van der Waals surface area (Å²) in [5.41, 5.74) is 1.10. The van der Waals surface area contributed by atoms with Crippen LogP contribution in [0.2, 0.25) is 0 Å². The minimum Gasteiger partial charge on any atom is -0.465 e. The van der Waals surface area contributed by atoms with Gasteiger partial charge in [-0.05, 0) is 32.5 Å². The molecule has 4 heteroatoms. The number of H-pyrrole nitrogens is 1. The maximum absolute atomic E-state index is 5.77. The van der Waals surface area contributed by atoms with Crippen molar-refractivity contribution in [2.24, 2.45) is 0 Å². The van der Waals surface area contributed by atoms with Gasteiger partial charge < -0.3 is 9.40 Å². The van der Waals surface area contributed by atoms with Crippen LogP contribution in [0.5, 0.6) is 0 Å². The minimum absolute atomic E-state index is 0.803. The standard InChI is InChI=1S/C14H21N3O/c1-4-5-12-6-7-13(18-12)9-17(3)10-14-15-8-11(2)16-14/h6-8H,4-5,9-10H2,1-3H3,(H,15,16). The summed E-state index contributed by atoms with van der Waals surface area (Å²) >= 11 is 0. The first kappa shape index (κ1) is 12.9. The van der Waals surface area contributed by atoms with Gasteiger partial charge in [0.15, 0.2) is 0 Å². The lowest BCUT2D eigenvalue weighted by Crippen LogP contribution is -2.17. The first-order valence-corrected chi connectivity index (χ1v) is 6.44. The van der Waals surface area contributed by atoms with Crippen LogP contribution in [0.25, 0.3) is 0 Å². The molecule has 18 heavy (non-hydrogen) atoms. The molecule has 0 unspecified atom stereocenters. The molecular weight excluding hydrogens is 226 g/mol. The fraction of sp³-hybridized carbons (Fsp3) is 0.500. The minimum atomic E-state index is 0.803. The van der Waals surface area contributed by atoms with E-state index in [9.17, 15) is 0 Å². The van der Waals surface area contributed by atoms with Crippen molar-refractivity contribution >= 4 is 0 Å². The average Bonchev–Trinajstić information content (AvgIpc) is 2.89. The molecule has 2 aromatic rings. The van der Waals surface area contributed by atoms with Crippen molar-refractivity contribution in [2.75, 3.05) is 7.05 Å². The average molecular weight is 247 g/mol. The molecule has 0 aliphatic carbocycles. The zero-order chi connectivity index (χ0) is 13.0. The van der Waals surface area contributed by atoms with E-state index in [2.05, 4.69) is 41.0 Å². The van der Waals surface area contributed by atoms with Crippen molar-refractivity contribution in [1.82, 2.24) is 14.9 Å². The number of rotatable bonds is 6. The first-order chi connectivity index (χ1) is 8.67. The summed E-state index contributed by atoms with van der Waals surface area (Å²) in [5, 5.41) is 0. The summed E-state index contributed by atoms with van der Waals surface area (Å²) in [6.07, 6.45) is 3.99. The lowest BCUT2D eigenvalue weighted by Gasteiger charge is -2.13. The number of nitrogens with one attached hydrogen (secondary N) is 1. The van der Waals surface area contributed by atoms with Gasteiger partial charge in [0.05, 0.1) is 13.1 Å². The zero-order valence-corrected chi connectivity index (χ0v) is 11.4. The number of aromatic nitrogens is 2. The van der Waals surface area contributed by atoms with Crippen LogP contribution in [-0.2, 0) is 19.5 Å². The van der Waals surface area contributed by atoms with Gasteiger partial charge in [0.1, 0.15) is 17.3 Å². The highest BCUT2D eigenvalue weighted by atomic mass is 16.3. The van der Waals surface area contributed by atoms with Crippen molar-refractivity contribution in [1.29, 1.82) is 0 Å². The van der Waals surface area contributed by atoms with E-state index >= 15 is 0 Å². The smallest absolute Gasteiger partial charge is 0.120 e. The molecule has 0 aliphatic heterocycles. The van der Waals surface area contributed by atoms with Crippen LogP contribution >= 0.6 is 0 Å². The summed E-state index contributed by atoms with van der Waals surface area (Å²) in [4.78, 5) is 9.73. The zero-order valence-electron chi connectivity index (χ0n) is 11.4. The molecule has 0 radical (unpaired) electrons. The van der Waals surface area contributed by atoms with E-state index < -0.39 is 0 Å². The van der Waals surface area contributed by atoms with Crippen LogP contribution in [0, 0.1) is 6.92 Å². The second kappa shape index (κ2) is 5.87. The fourth-order valence-corrected chi connectivity index (χ4v) is 2.01. The number of hydrogen-bond donors (Lipinski definition) is 1. The second-order valence-electron chi connectivity index (χ2n) is 4.80. The Morgan fingerprint density at radius 2 is 2.06 bits per heavy atom. The van der Waals surface area contributed by atoms with Crippen molar-refractivity contribution in [3.63, 3.8) is 0 Å². The third kappa shape index (κ3) is 3.47. The molecule has 4 nitrogen and oxygen atoms in total. The molecule has 1 N–H and O–H groups in total. The molecule has 0 aromatic carbocycles. The van der Waals surface area contributed by atoms with Crippen LogP contribution in [0.1, 0.15) is 36.4 Å². The van der Waals surface area contributed by atoms with Gasteiger partial charge in [0.25, 0.3) is 0 Å². The summed E-state index contributed by atoms with van der Waals surface area (Å²) in [6.45, 7) is 5.79. The molecule has 0 atom stereocenters. The predicted octanol–water partition coefficient (Wildman–Crippen LogP) is 2.90. The molecule has 0 aliphatic rings. The van der Waals surface area contributed by atoms with E-state index in [0.717, 1.165) is 49.0 Å². The van der Waals surface area contributed by atoms with Gasteiger partial charge in [-0.3, -0.25) is 4.90 Å². The van der Waals surface area contributed by atoms with Gasteiger partial charge in [-0.1, -0.05) is 6.92 Å². The maximum atomic E-state index is 5.77. The monoisotopic (exact) mass is 247 g/mol. The number of furan rings is 1. The molecule has 2 aromatic heterocycles. The summed E-state index contributed by atoms with van der Waals surface area (Å²) in [5.74, 6) is 3.09. The summed E-state index contributed by atoms with van der Waals surface area (Å²) in [6, 6.07) is 4.14. The molecule has 0 amide bonds. The Bertz CT molecular complexity index is 487. The van der Waals surface area contributed by atoms with Gasteiger partial charge in [-0.15, -0.1) is 0 Å². The van der Waals surface area contributed by atoms with E-state index in [1.165, 1.54) is 0 Å². The topological polar surface area (TPSA) is 45.1 Å². The molecule has 98 valence electrons. The normalized spacial score (nSPS) is 11.3. The van der Waals surface area contributed by atoms with E-state index in [1.54, 1.807) is 0 Å². The number of hydrogen-bond acceptors (Lipinski definition) is 3. The van der Waals surface area contributed by atoms with E-state index in [0.29, 0.717) is 0 Å². The molecule has 0 spiro atoms. The largest absolute Gasteiger partial charge is 0.465 e. The maximum Gasteiger partial charge on any atom is 0.120 e. The van der Waals surface area contributed by atoms with Gasteiger partial charge in [-0.25, -0.2) is 4.98 Å². The Kier molecular flexibility index (Phi) is 4.20. The number of aromatic amines is 1. The Morgan fingerprint density at radius 1 is 1.28 bits per heavy atom. The third-order valence-corrected chi connectivity index (χ3v) is 2.81. The molecule has 0 saturated heterocycles. The highest BCUT2D eigenvalue weighted by molar-refractivity contribution is 5.07. The van der Waals surface area contributed by atoms with Crippen LogP contribution in [0.3, 0.4) is 0 Å². The molecular formula is C14H21N3O. The van der Waals surface area contributed by atoms with Crippen molar-refractivity contribution in [3.8, 4) is 0 Å². The van der Waals surface area contributed by atoms with Crippen molar-refractivity contribution < 1.29 is 4.42 Å².